The van der Waals surface area contributed by atoms with Crippen LogP contribution in [0.1, 0.15) is 40.2 Å². The number of rotatable bonds is 7. The highest BCUT2D eigenvalue weighted by atomic mass is 79.9. The predicted octanol–water partition coefficient (Wildman–Crippen LogP) is 4.56. The van der Waals surface area contributed by atoms with Gasteiger partial charge in [-0.15, -0.1) is 0 Å². The summed E-state index contributed by atoms with van der Waals surface area (Å²) in [6, 6.07) is 5.41. The monoisotopic (exact) mass is 359 g/mol. The lowest BCUT2D eigenvalue weighted by Crippen LogP contribution is -2.49. The van der Waals surface area contributed by atoms with E-state index in [4.69, 9.17) is 4.74 Å². The molecule has 1 aromatic rings. The van der Waals surface area contributed by atoms with Crippen molar-refractivity contribution in [3.8, 4) is 0 Å². The molecule has 0 aliphatic rings. The second-order valence-corrected chi connectivity index (χ2v) is 7.21. The molecule has 0 heterocycles. The summed E-state index contributed by atoms with van der Waals surface area (Å²) in [5.74, 6) is -0.226. The third kappa shape index (κ3) is 5.68. The van der Waals surface area contributed by atoms with Crippen LogP contribution < -0.4 is 5.32 Å². The lowest BCUT2D eigenvalue weighted by Gasteiger charge is -2.37. The zero-order valence-electron chi connectivity index (χ0n) is 13.7. The molecule has 1 N–H and O–H groups in total. The summed E-state index contributed by atoms with van der Waals surface area (Å²) >= 11 is 3.26. The number of hydrogen-bond donors (Lipinski definition) is 1. The molecule has 1 aromatic carbocycles. The van der Waals surface area contributed by atoms with Crippen LogP contribution in [0.4, 0.5) is 4.39 Å². The van der Waals surface area contributed by atoms with Gasteiger partial charge in [0.15, 0.2) is 0 Å². The van der Waals surface area contributed by atoms with Gasteiger partial charge in [0.1, 0.15) is 5.82 Å². The van der Waals surface area contributed by atoms with Gasteiger partial charge in [-0.3, -0.25) is 0 Å². The Morgan fingerprint density at radius 3 is 2.43 bits per heavy atom. The van der Waals surface area contributed by atoms with Crippen LogP contribution in [0.5, 0.6) is 0 Å². The van der Waals surface area contributed by atoms with Crippen LogP contribution >= 0.6 is 15.9 Å². The van der Waals surface area contributed by atoms with Gasteiger partial charge in [0.2, 0.25) is 0 Å². The van der Waals surface area contributed by atoms with Gasteiger partial charge in [-0.2, -0.15) is 0 Å². The number of likely N-dealkylation sites (N-methyl/N-ethyl adjacent to an activating group) is 1. The molecule has 0 fully saturated rings. The minimum Gasteiger partial charge on any atom is -0.376 e. The highest BCUT2D eigenvalue weighted by molar-refractivity contribution is 9.10. The number of benzene rings is 1. The zero-order chi connectivity index (χ0) is 16.0. The van der Waals surface area contributed by atoms with Crippen molar-refractivity contribution in [1.29, 1.82) is 0 Å². The molecule has 0 radical (unpaired) electrons. The fourth-order valence-corrected chi connectivity index (χ4v) is 3.04. The van der Waals surface area contributed by atoms with Crippen LogP contribution in [-0.2, 0) is 11.2 Å². The SMILES string of the molecule is CCNC(Cc1ccc(F)c(Br)c1)C(OCC)C(C)(C)C. The molecule has 0 amide bonds. The molecule has 2 atom stereocenters. The molecule has 120 valence electrons. The van der Waals surface area contributed by atoms with E-state index < -0.39 is 0 Å². The largest absolute Gasteiger partial charge is 0.376 e. The van der Waals surface area contributed by atoms with Gasteiger partial charge in [0, 0.05) is 12.6 Å². The normalized spacial score (nSPS) is 15.0. The van der Waals surface area contributed by atoms with Gasteiger partial charge in [-0.25, -0.2) is 4.39 Å². The first-order valence-electron chi connectivity index (χ1n) is 7.58. The van der Waals surface area contributed by atoms with E-state index in [1.54, 1.807) is 0 Å². The summed E-state index contributed by atoms with van der Waals surface area (Å²) in [5.41, 5.74) is 1.14. The molecule has 0 saturated carbocycles. The lowest BCUT2D eigenvalue weighted by molar-refractivity contribution is -0.0352. The van der Waals surface area contributed by atoms with Crippen molar-refractivity contribution in [3.63, 3.8) is 0 Å². The second-order valence-electron chi connectivity index (χ2n) is 6.36. The van der Waals surface area contributed by atoms with Crippen molar-refractivity contribution >= 4 is 15.9 Å². The van der Waals surface area contributed by atoms with Gasteiger partial charge in [-0.05, 0) is 58.9 Å². The Bertz CT molecular complexity index is 445. The van der Waals surface area contributed by atoms with Crippen LogP contribution in [0.25, 0.3) is 0 Å². The molecule has 0 bridgehead atoms. The first-order valence-corrected chi connectivity index (χ1v) is 8.37. The molecule has 1 rings (SSSR count). The van der Waals surface area contributed by atoms with Gasteiger partial charge < -0.3 is 10.1 Å². The van der Waals surface area contributed by atoms with E-state index in [0.717, 1.165) is 18.5 Å². The van der Waals surface area contributed by atoms with Gasteiger partial charge in [0.05, 0.1) is 10.6 Å². The molecule has 0 saturated heterocycles. The summed E-state index contributed by atoms with van der Waals surface area (Å²) in [4.78, 5) is 0. The van der Waals surface area contributed by atoms with E-state index in [0.29, 0.717) is 11.1 Å². The zero-order valence-corrected chi connectivity index (χ0v) is 15.3. The Morgan fingerprint density at radius 2 is 1.95 bits per heavy atom. The van der Waals surface area contributed by atoms with Crippen LogP contribution in [-0.4, -0.2) is 25.3 Å². The van der Waals surface area contributed by atoms with Crippen LogP contribution in [0.15, 0.2) is 22.7 Å². The van der Waals surface area contributed by atoms with Crippen molar-refractivity contribution in [2.24, 2.45) is 5.41 Å². The van der Waals surface area contributed by atoms with Gasteiger partial charge in [0.25, 0.3) is 0 Å². The van der Waals surface area contributed by atoms with E-state index in [2.05, 4.69) is 48.9 Å². The Labute approximate surface area is 136 Å². The molecule has 4 heteroatoms. The summed E-state index contributed by atoms with van der Waals surface area (Å²) < 4.78 is 19.9. The topological polar surface area (TPSA) is 21.3 Å². The van der Waals surface area contributed by atoms with E-state index >= 15 is 0 Å². The first kappa shape index (κ1) is 18.6. The summed E-state index contributed by atoms with van der Waals surface area (Å²) in [5, 5.41) is 3.52. The van der Waals surface area contributed by atoms with Crippen molar-refractivity contribution in [2.75, 3.05) is 13.2 Å². The number of halogens is 2. The third-order valence-corrected chi connectivity index (χ3v) is 4.08. The van der Waals surface area contributed by atoms with Crippen LogP contribution in [0, 0.1) is 11.2 Å². The predicted molar refractivity (Wildman–Crippen MR) is 90.1 cm³/mol. The molecule has 0 aliphatic heterocycles. The van der Waals surface area contributed by atoms with Crippen molar-refractivity contribution in [3.05, 3.63) is 34.1 Å². The molecular formula is C17H27BrFNO. The molecule has 2 nitrogen and oxygen atoms in total. The van der Waals surface area contributed by atoms with E-state index in [1.165, 1.54) is 6.07 Å². The average Bonchev–Trinajstić information content (AvgIpc) is 2.38. The summed E-state index contributed by atoms with van der Waals surface area (Å²) in [7, 11) is 0. The summed E-state index contributed by atoms with van der Waals surface area (Å²) in [6.07, 6.45) is 0.917. The standard InChI is InChI=1S/C17H27BrFNO/c1-6-20-15(16(21-7-2)17(3,4)5)11-12-8-9-14(19)13(18)10-12/h8-10,15-16,20H,6-7,11H2,1-5H3. The Hall–Kier alpha value is -0.450. The maximum absolute atomic E-state index is 13.4. The van der Waals surface area contributed by atoms with E-state index in [-0.39, 0.29) is 23.4 Å². The molecule has 0 aliphatic carbocycles. The highest BCUT2D eigenvalue weighted by Gasteiger charge is 2.32. The number of nitrogens with one attached hydrogen (secondary N) is 1. The molecular weight excluding hydrogens is 333 g/mol. The average molecular weight is 360 g/mol. The Balaban J connectivity index is 2.95. The molecule has 2 unspecified atom stereocenters. The first-order chi connectivity index (χ1) is 9.79. The molecule has 0 aromatic heterocycles. The fourth-order valence-electron chi connectivity index (χ4n) is 2.62. The minimum absolute atomic E-state index is 0.0418. The number of hydrogen-bond acceptors (Lipinski definition) is 2. The van der Waals surface area contributed by atoms with Gasteiger partial charge >= 0.3 is 0 Å². The Kier molecular flexibility index (Phi) is 7.31. The van der Waals surface area contributed by atoms with Gasteiger partial charge in [-0.1, -0.05) is 33.8 Å². The minimum atomic E-state index is -0.226. The maximum atomic E-state index is 13.4. The van der Waals surface area contributed by atoms with E-state index in [1.807, 2.05) is 19.1 Å². The molecule has 21 heavy (non-hydrogen) atoms. The van der Waals surface area contributed by atoms with Crippen LogP contribution in [0.2, 0.25) is 0 Å². The highest BCUT2D eigenvalue weighted by Crippen LogP contribution is 2.27. The second kappa shape index (κ2) is 8.25. The maximum Gasteiger partial charge on any atom is 0.137 e. The Morgan fingerprint density at radius 1 is 1.29 bits per heavy atom. The van der Waals surface area contributed by atoms with Crippen molar-refractivity contribution in [1.82, 2.24) is 5.32 Å². The smallest absolute Gasteiger partial charge is 0.137 e. The number of ether oxygens (including phenoxy) is 1. The summed E-state index contributed by atoms with van der Waals surface area (Å²) in [6.45, 7) is 12.3. The van der Waals surface area contributed by atoms with Crippen LogP contribution in [0.3, 0.4) is 0 Å². The quantitative estimate of drug-likeness (QED) is 0.770. The van der Waals surface area contributed by atoms with Crippen molar-refractivity contribution in [2.45, 2.75) is 53.2 Å². The van der Waals surface area contributed by atoms with Crippen molar-refractivity contribution < 1.29 is 9.13 Å². The lowest BCUT2D eigenvalue weighted by atomic mass is 9.82. The fraction of sp³-hybridized carbons (Fsp3) is 0.647. The molecule has 0 spiro atoms. The van der Waals surface area contributed by atoms with E-state index in [9.17, 15) is 4.39 Å². The third-order valence-electron chi connectivity index (χ3n) is 3.47.